The Kier molecular flexibility index (Phi) is 5.74. The van der Waals surface area contributed by atoms with Crippen LogP contribution in [0.4, 0.5) is 0 Å². The van der Waals surface area contributed by atoms with E-state index in [1.54, 1.807) is 0 Å². The summed E-state index contributed by atoms with van der Waals surface area (Å²) in [6.45, 7) is 0. The summed E-state index contributed by atoms with van der Waals surface area (Å²) in [6, 6.07) is 38.5. The summed E-state index contributed by atoms with van der Waals surface area (Å²) < 4.78 is 113. The monoisotopic (exact) mass is 817 g/mol. The van der Waals surface area contributed by atoms with Gasteiger partial charge in [-0.1, -0.05) is 145 Å². The van der Waals surface area contributed by atoms with Crippen molar-refractivity contribution >= 4 is 65.7 Å². The van der Waals surface area contributed by atoms with Gasteiger partial charge in [-0.15, -0.1) is 0 Å². The molecular weight excluding hydrogens is 773 g/mol. The van der Waals surface area contributed by atoms with Gasteiger partial charge in [0.1, 0.15) is 22.3 Å². The van der Waals surface area contributed by atoms with Crippen molar-refractivity contribution in [3.8, 4) is 62.1 Å². The van der Waals surface area contributed by atoms with Crippen LogP contribution in [0.15, 0.2) is 215 Å². The highest BCUT2D eigenvalue weighted by molar-refractivity contribution is 6.17. The van der Waals surface area contributed by atoms with Crippen molar-refractivity contribution in [2.75, 3.05) is 0 Å². The molecule has 0 aliphatic carbocycles. The predicted octanol–water partition coefficient (Wildman–Crippen LogP) is 15.1. The second-order valence-corrected chi connectivity index (χ2v) is 15.1. The third-order valence-electron chi connectivity index (χ3n) is 11.4. The number of nitrogens with zero attached hydrogens (tertiary/aromatic N) is 4. The number of aromatic nitrogens is 4. The zero-order valence-corrected chi connectivity index (χ0v) is 32.9. The van der Waals surface area contributed by atoms with Crippen molar-refractivity contribution in [3.05, 3.63) is 206 Å². The SMILES string of the molecule is [2H]c1c([2H])c([2H])c(-c2c([2H])c([2H])c([2H])c3oc4c([2H])c(-c5nc(-c6cc(-c7ccccc7)cc(-c7ccccc7)c6)nc(-n6c7ccccc7c7cc8c(cc76)oc6ccccc68)n5)c([2H])c([2H])c4c23)c([2H])c1[2H]. The summed E-state index contributed by atoms with van der Waals surface area (Å²) in [7, 11) is 0. The van der Waals surface area contributed by atoms with Gasteiger partial charge < -0.3 is 8.83 Å². The van der Waals surface area contributed by atoms with Crippen LogP contribution in [-0.4, -0.2) is 19.5 Å². The van der Waals surface area contributed by atoms with Crippen LogP contribution in [0.5, 0.6) is 0 Å². The van der Waals surface area contributed by atoms with Gasteiger partial charge in [0, 0.05) is 49.5 Å². The van der Waals surface area contributed by atoms with E-state index in [0.29, 0.717) is 16.7 Å². The fourth-order valence-electron chi connectivity index (χ4n) is 8.58. The largest absolute Gasteiger partial charge is 0.456 e. The van der Waals surface area contributed by atoms with Gasteiger partial charge in [0.2, 0.25) is 5.95 Å². The molecule has 0 bridgehead atoms. The Balaban J connectivity index is 1.13. The van der Waals surface area contributed by atoms with Crippen LogP contribution < -0.4 is 0 Å². The fourth-order valence-corrected chi connectivity index (χ4v) is 8.58. The van der Waals surface area contributed by atoms with Crippen molar-refractivity contribution in [3.63, 3.8) is 0 Å². The van der Waals surface area contributed by atoms with Crippen LogP contribution in [0.1, 0.15) is 15.1 Å². The summed E-state index contributed by atoms with van der Waals surface area (Å²) in [4.78, 5) is 15.4. The summed E-state index contributed by atoms with van der Waals surface area (Å²) in [5.74, 6) is 0.111. The summed E-state index contributed by atoms with van der Waals surface area (Å²) in [5, 5.41) is 3.19. The Bertz CT molecular complexity index is 4490. The highest BCUT2D eigenvalue weighted by Crippen LogP contribution is 2.41. The molecule has 0 aliphatic rings. The van der Waals surface area contributed by atoms with Crippen molar-refractivity contribution in [1.82, 2.24) is 19.5 Å². The summed E-state index contributed by atoms with van der Waals surface area (Å²) >= 11 is 0. The predicted molar refractivity (Wildman–Crippen MR) is 256 cm³/mol. The van der Waals surface area contributed by atoms with Crippen molar-refractivity contribution in [2.24, 2.45) is 0 Å². The molecule has 6 heteroatoms. The Labute approximate surface area is 376 Å². The smallest absolute Gasteiger partial charge is 0.238 e. The van der Waals surface area contributed by atoms with Gasteiger partial charge in [-0.2, -0.15) is 9.97 Å². The molecule has 13 rings (SSSR count). The molecule has 4 aromatic heterocycles. The van der Waals surface area contributed by atoms with Crippen LogP contribution in [0.3, 0.4) is 0 Å². The topological polar surface area (TPSA) is 69.9 Å². The van der Waals surface area contributed by atoms with Crippen LogP contribution in [0.2, 0.25) is 0 Å². The fraction of sp³-hybridized carbons (Fsp3) is 0. The third-order valence-corrected chi connectivity index (χ3v) is 11.4. The van der Waals surface area contributed by atoms with E-state index in [4.69, 9.17) is 34.8 Å². The van der Waals surface area contributed by atoms with Crippen LogP contribution >= 0.6 is 0 Å². The number of furan rings is 2. The first kappa shape index (κ1) is 25.9. The third kappa shape index (κ3) is 5.76. The first-order chi connectivity index (χ1) is 35.8. The lowest BCUT2D eigenvalue weighted by Gasteiger charge is -2.13. The molecule has 0 N–H and O–H groups in total. The molecule has 4 heterocycles. The molecule has 0 fully saturated rings. The van der Waals surface area contributed by atoms with Gasteiger partial charge in [-0.25, -0.2) is 4.98 Å². The lowest BCUT2D eigenvalue weighted by Crippen LogP contribution is -2.06. The van der Waals surface area contributed by atoms with E-state index in [1.807, 2.05) is 132 Å². The van der Waals surface area contributed by atoms with Gasteiger partial charge in [-0.05, 0) is 87.9 Å². The van der Waals surface area contributed by atoms with E-state index in [9.17, 15) is 4.11 Å². The standard InChI is InChI=1S/C57H34N4O2/c1-4-15-35(16-5-1)39-29-40(36-17-6-2-7-18-36)31-41(30-39)56-58-55(38-27-28-45-52(32-38)63-51-26-14-23-42(54(45)51)37-19-8-3-9-20-37)59-57(60-56)61-48-24-12-10-21-43(48)46-33-47-44-22-11-13-25-50(44)62-53(47)34-49(46)61/h1-34H/i3D,8D,9D,14D,19D,20D,23D,26D,27D,28D,32D. The van der Waals surface area contributed by atoms with Gasteiger partial charge in [-0.3, -0.25) is 4.57 Å². The maximum atomic E-state index is 9.87. The van der Waals surface area contributed by atoms with Crippen molar-refractivity contribution in [2.45, 2.75) is 0 Å². The van der Waals surface area contributed by atoms with Gasteiger partial charge in [0.15, 0.2) is 11.6 Å². The molecule has 0 saturated carbocycles. The highest BCUT2D eigenvalue weighted by Gasteiger charge is 2.22. The maximum absolute atomic E-state index is 9.87. The molecule has 0 amide bonds. The molecule has 63 heavy (non-hydrogen) atoms. The first-order valence-corrected chi connectivity index (χ1v) is 20.2. The Morgan fingerprint density at radius 2 is 1.05 bits per heavy atom. The Morgan fingerprint density at radius 3 is 1.83 bits per heavy atom. The Hall–Kier alpha value is -8.61. The lowest BCUT2D eigenvalue weighted by molar-refractivity contribution is 0.668. The highest BCUT2D eigenvalue weighted by atomic mass is 16.3. The minimum Gasteiger partial charge on any atom is -0.456 e. The van der Waals surface area contributed by atoms with Crippen molar-refractivity contribution < 1.29 is 23.9 Å². The molecular formula is C57H34N4O2. The molecule has 0 radical (unpaired) electrons. The quantitative estimate of drug-likeness (QED) is 0.167. The number of hydrogen-bond acceptors (Lipinski definition) is 5. The molecule has 0 aliphatic heterocycles. The van der Waals surface area contributed by atoms with E-state index in [1.165, 1.54) is 0 Å². The van der Waals surface area contributed by atoms with Gasteiger partial charge in [0.25, 0.3) is 0 Å². The second-order valence-electron chi connectivity index (χ2n) is 15.1. The Morgan fingerprint density at radius 1 is 0.381 bits per heavy atom. The molecule has 0 atom stereocenters. The zero-order valence-electron chi connectivity index (χ0n) is 43.9. The lowest BCUT2D eigenvalue weighted by atomic mass is 9.96. The van der Waals surface area contributed by atoms with Gasteiger partial charge in [0.05, 0.1) is 26.1 Å². The summed E-state index contributed by atoms with van der Waals surface area (Å²) in [5.41, 5.74) is 5.17. The van der Waals surface area contributed by atoms with Crippen LogP contribution in [-0.2, 0) is 0 Å². The van der Waals surface area contributed by atoms with E-state index >= 15 is 0 Å². The number of fused-ring (bicyclic) bond motifs is 9. The molecule has 0 unspecified atom stereocenters. The van der Waals surface area contributed by atoms with Crippen molar-refractivity contribution in [1.29, 1.82) is 0 Å². The van der Waals surface area contributed by atoms with E-state index in [-0.39, 0.29) is 50.7 Å². The normalized spacial score (nSPS) is 14.3. The molecule has 9 aromatic carbocycles. The van der Waals surface area contributed by atoms with Crippen LogP contribution in [0, 0.1) is 0 Å². The number of para-hydroxylation sites is 2. The zero-order chi connectivity index (χ0) is 51.0. The van der Waals surface area contributed by atoms with E-state index < -0.39 is 72.0 Å². The number of benzene rings is 9. The second kappa shape index (κ2) is 14.0. The number of rotatable bonds is 6. The maximum Gasteiger partial charge on any atom is 0.238 e. The minimum absolute atomic E-state index is 0.114. The molecule has 0 spiro atoms. The van der Waals surface area contributed by atoms with E-state index in [2.05, 4.69) is 12.1 Å². The summed E-state index contributed by atoms with van der Waals surface area (Å²) in [6.07, 6.45) is 0. The average molecular weight is 818 g/mol. The number of hydrogen-bond donors (Lipinski definition) is 0. The van der Waals surface area contributed by atoms with Crippen LogP contribution in [0.25, 0.3) is 128 Å². The molecule has 6 nitrogen and oxygen atoms in total. The molecule has 13 aromatic rings. The first-order valence-electron chi connectivity index (χ1n) is 25.7. The van der Waals surface area contributed by atoms with E-state index in [0.717, 1.165) is 54.9 Å². The minimum atomic E-state index is -0.699. The molecule has 0 saturated heterocycles. The van der Waals surface area contributed by atoms with Gasteiger partial charge >= 0.3 is 0 Å². The molecule has 294 valence electrons. The average Bonchev–Trinajstić information content (AvgIpc) is 4.11.